The molecule has 3 N–H and O–H groups in total. The van der Waals surface area contributed by atoms with Crippen molar-refractivity contribution in [3.63, 3.8) is 0 Å². The van der Waals surface area contributed by atoms with Crippen molar-refractivity contribution in [2.24, 2.45) is 65.0 Å². The minimum atomic E-state index is -3.05. The highest BCUT2D eigenvalue weighted by Crippen LogP contribution is 2.48. The molecule has 6 fully saturated rings. The maximum absolute atomic E-state index is 12.7. The molecule has 6 rings (SSSR count). The van der Waals surface area contributed by atoms with E-state index in [2.05, 4.69) is 443 Å². The molecule has 6 saturated heterocycles. The minimum absolute atomic E-state index is 0.0165. The van der Waals surface area contributed by atoms with Crippen LogP contribution in [0, 0.1) is 65.0 Å². The van der Waals surface area contributed by atoms with Crippen LogP contribution in [-0.4, -0.2) is 244 Å². The summed E-state index contributed by atoms with van der Waals surface area (Å²) in [5.74, 6) is 0.277. The lowest BCUT2D eigenvalue weighted by atomic mass is 9.69. The van der Waals surface area contributed by atoms with Crippen LogP contribution in [0.5, 0.6) is 0 Å². The normalized spacial score (nSPS) is 28.6. The highest BCUT2D eigenvalue weighted by atomic mass is 32.2. The molecule has 690 valence electrons. The van der Waals surface area contributed by atoms with Gasteiger partial charge in [-0.3, -0.25) is 29.4 Å². The molecule has 0 saturated carbocycles. The van der Waals surface area contributed by atoms with Crippen LogP contribution in [0.2, 0.25) is 0 Å². The van der Waals surface area contributed by atoms with Crippen molar-refractivity contribution in [2.45, 2.75) is 498 Å². The van der Waals surface area contributed by atoms with Crippen LogP contribution in [0.1, 0.15) is 393 Å². The summed E-state index contributed by atoms with van der Waals surface area (Å²) in [5, 5.41) is 11.1. The second-order valence-corrected chi connectivity index (χ2v) is 58.5. The third-order valence-electron chi connectivity index (χ3n) is 25.9. The molecule has 0 aromatic carbocycles. The van der Waals surface area contributed by atoms with Gasteiger partial charge in [0.1, 0.15) is 0 Å². The average molecular weight is 1650 g/mol. The first kappa shape index (κ1) is 113. The number of hydrogen-bond donors (Lipinski definition) is 3. The molecule has 0 aliphatic carbocycles. The van der Waals surface area contributed by atoms with Crippen LogP contribution in [-0.2, 0) is 9.84 Å². The fourth-order valence-electron chi connectivity index (χ4n) is 21.5. The van der Waals surface area contributed by atoms with Crippen LogP contribution < -0.4 is 16.0 Å². The van der Waals surface area contributed by atoms with Gasteiger partial charge in [-0.2, -0.15) is 0 Å². The molecule has 6 aliphatic heterocycles. The lowest BCUT2D eigenvalue weighted by Crippen LogP contribution is -2.69. The molecule has 6 heterocycles. The highest BCUT2D eigenvalue weighted by Gasteiger charge is 2.56. The summed E-state index contributed by atoms with van der Waals surface area (Å²) in [7, 11) is 1.57. The Labute approximate surface area is 724 Å². The van der Waals surface area contributed by atoms with E-state index < -0.39 is 9.84 Å². The van der Waals surface area contributed by atoms with Crippen molar-refractivity contribution in [1.82, 2.24) is 55.1 Å². The molecule has 0 aromatic heterocycles. The first-order valence-corrected chi connectivity index (χ1v) is 48.3. The van der Waals surface area contributed by atoms with Crippen molar-refractivity contribution >= 4 is 9.84 Å². The summed E-state index contributed by atoms with van der Waals surface area (Å²) < 4.78 is 25.5. The Morgan fingerprint density at radius 2 is 0.426 bits per heavy atom. The van der Waals surface area contributed by atoms with Gasteiger partial charge in [0.2, 0.25) is 0 Å². The van der Waals surface area contributed by atoms with E-state index in [1.54, 1.807) is 0 Å². The molecule has 12 atom stereocenters. The van der Waals surface area contributed by atoms with Gasteiger partial charge in [-0.1, -0.05) is 249 Å². The number of piperazine rings is 2. The fraction of sp³-hybridized carbons (Fsp3) is 1.00. The number of nitrogens with zero attached hydrogens (tertiary/aromatic N) is 8. The van der Waals surface area contributed by atoms with Crippen LogP contribution >= 0.6 is 0 Å². The predicted molar refractivity (Wildman–Crippen MR) is 515 cm³/mol. The Bertz CT molecular complexity index is 2800. The van der Waals surface area contributed by atoms with E-state index in [1.165, 1.54) is 58.5 Å². The van der Waals surface area contributed by atoms with Crippen LogP contribution in [0.15, 0.2) is 0 Å². The summed E-state index contributed by atoms with van der Waals surface area (Å²) in [6.07, 6.45) is 3.76. The third-order valence-corrected chi connectivity index (χ3v) is 28.4. The number of hydrogen-bond acceptors (Lipinski definition) is 13. The van der Waals surface area contributed by atoms with E-state index >= 15 is 0 Å². The predicted octanol–water partition coefficient (Wildman–Crippen LogP) is 22.8. The van der Waals surface area contributed by atoms with E-state index in [0.717, 1.165) is 26.2 Å². The van der Waals surface area contributed by atoms with Crippen molar-refractivity contribution in [3.8, 4) is 0 Å². The topological polar surface area (TPSA) is 96.1 Å². The van der Waals surface area contributed by atoms with E-state index in [0.29, 0.717) is 94.0 Å². The Morgan fingerprint density at radius 3 is 0.670 bits per heavy atom. The quantitative estimate of drug-likeness (QED) is 0.215. The molecular weight excluding hydrogens is 1430 g/mol. The number of nitrogens with one attached hydrogen (secondary N) is 3. The maximum Gasteiger partial charge on any atom is 0.156 e. The van der Waals surface area contributed by atoms with Gasteiger partial charge in [0.25, 0.3) is 0 Å². The second-order valence-electron chi connectivity index (χ2n) is 56.2. The molecule has 6 aliphatic rings. The summed E-state index contributed by atoms with van der Waals surface area (Å²) in [6, 6.07) is 5.72. The summed E-state index contributed by atoms with van der Waals surface area (Å²) in [6.45, 7) is 138. The van der Waals surface area contributed by atoms with Gasteiger partial charge in [0.15, 0.2) is 9.84 Å². The minimum Gasteiger partial charge on any atom is -0.312 e. The summed E-state index contributed by atoms with van der Waals surface area (Å²) >= 11 is 0. The van der Waals surface area contributed by atoms with Crippen molar-refractivity contribution < 1.29 is 8.42 Å². The van der Waals surface area contributed by atoms with E-state index in [-0.39, 0.29) is 88.2 Å². The van der Waals surface area contributed by atoms with Gasteiger partial charge < -0.3 is 25.8 Å². The van der Waals surface area contributed by atoms with Gasteiger partial charge in [0.05, 0.1) is 11.0 Å². The molecule has 0 amide bonds. The smallest absolute Gasteiger partial charge is 0.156 e. The van der Waals surface area contributed by atoms with Crippen molar-refractivity contribution in [2.75, 3.05) is 91.8 Å². The molecule has 12 unspecified atom stereocenters. The summed E-state index contributed by atoms with van der Waals surface area (Å²) in [4.78, 5) is 21.3. The zero-order valence-electron chi connectivity index (χ0n) is 88.8. The largest absolute Gasteiger partial charge is 0.312 e. The van der Waals surface area contributed by atoms with Crippen LogP contribution in [0.4, 0.5) is 0 Å². The molecule has 0 bridgehead atoms. The van der Waals surface area contributed by atoms with Crippen LogP contribution in [0.3, 0.4) is 0 Å². The number of likely N-dealkylation sites (N-methyl/N-ethyl adjacent to an activating group) is 2. The van der Waals surface area contributed by atoms with E-state index in [9.17, 15) is 8.42 Å². The standard InChI is InChI=1S/C18H38N2.3C17H36N2.C16H34N2.C16H33NO2S/c1-16(2,3)14-15(17(4,5)6)20(18(7,8)9)13-11-12-19(14)10;1-15(2,3)13-14(16(4,5)6)19(17(7,8)9)12-11-18(13)10;2*1-15(2,3)13-14(16(4,5)6)19(17(7,8)9)12-10-11-18-13;1-14(2,3)12-13(15(4,5)6)18(11-10-17-12)16(7,8)9;1-14(2,3)12-13(15(4,5)6)20(18,19)11-10-17(12)16(7,8)9/h14-15H,11-13H2,1-10H3;13-14H,11-12H2,1-10H3;2*13-14,18H,10-12H2,1-9H3;12-13,17H,10-11H2,1-9H3;12-13H,10-11H2,1-9H3. The van der Waals surface area contributed by atoms with E-state index in [4.69, 9.17) is 0 Å². The SMILES string of the molecule is CC(C)(C)C1C(C(C)(C)C)S(=O)(=O)CCN1C(C)(C)C.CC(C)(C)C1NCCCN(C(C)(C)C)C1C(C)(C)C.CC(C)(C)C1NCCCN(C(C)(C)C)C1C(C)(C)C.CC(C)(C)C1NCCN(C(C)(C)C)C1C(C)(C)C.CN1CCCN(C(C)(C)C)C(C(C)(C)C)C1C(C)(C)C.CN1CCN(C(C)(C)C)C(C(C)(C)C)C1C(C)(C)C. The van der Waals surface area contributed by atoms with E-state index in [1.807, 2.05) is 0 Å². The first-order valence-electron chi connectivity index (χ1n) is 46.6. The molecule has 14 heteroatoms. The van der Waals surface area contributed by atoms with Gasteiger partial charge in [-0.25, -0.2) is 8.42 Å². The number of rotatable bonds is 0. The van der Waals surface area contributed by atoms with Gasteiger partial charge in [-0.15, -0.1) is 0 Å². The Morgan fingerprint density at radius 1 is 0.209 bits per heavy atom. The Balaban J connectivity index is 0.000000690. The third kappa shape index (κ3) is 33.1. The highest BCUT2D eigenvalue weighted by molar-refractivity contribution is 7.92. The maximum atomic E-state index is 12.7. The monoisotopic (exact) mass is 1640 g/mol. The molecular formula is C101H213N11O2S. The van der Waals surface area contributed by atoms with Crippen molar-refractivity contribution in [3.05, 3.63) is 0 Å². The Hall–Kier alpha value is -0.490. The first-order chi connectivity index (χ1) is 50.2. The van der Waals surface area contributed by atoms with Crippen LogP contribution in [0.25, 0.3) is 0 Å². The lowest BCUT2D eigenvalue weighted by Gasteiger charge is -2.59. The molecule has 0 aromatic rings. The average Bonchev–Trinajstić information content (AvgIpc) is 1.65. The molecule has 0 spiro atoms. The fourth-order valence-corrected chi connectivity index (χ4v) is 24.2. The second kappa shape index (κ2) is 39.2. The van der Waals surface area contributed by atoms with Gasteiger partial charge in [-0.05, 0) is 243 Å². The number of sulfone groups is 1. The summed E-state index contributed by atoms with van der Waals surface area (Å²) in [5.41, 5.74) is 3.71. The van der Waals surface area contributed by atoms with Crippen molar-refractivity contribution in [1.29, 1.82) is 0 Å². The Kier molecular flexibility index (Phi) is 38.3. The zero-order chi connectivity index (χ0) is 91.8. The molecule has 13 nitrogen and oxygen atoms in total. The zero-order valence-corrected chi connectivity index (χ0v) is 89.7. The lowest BCUT2D eigenvalue weighted by molar-refractivity contribution is -0.0967. The molecule has 115 heavy (non-hydrogen) atoms. The van der Waals surface area contributed by atoms with Gasteiger partial charge in [0, 0.05) is 152 Å². The molecule has 0 radical (unpaired) electrons. The van der Waals surface area contributed by atoms with Gasteiger partial charge >= 0.3 is 0 Å².